The van der Waals surface area contributed by atoms with Gasteiger partial charge in [0.05, 0.1) is 10.7 Å². The van der Waals surface area contributed by atoms with Crippen LogP contribution in [0.2, 0.25) is 0 Å². The lowest BCUT2D eigenvalue weighted by Gasteiger charge is -2.15. The molecule has 1 unspecified atom stereocenters. The number of benzene rings is 1. The molecule has 2 nitrogen and oxygen atoms in total. The van der Waals surface area contributed by atoms with Crippen molar-refractivity contribution in [3.63, 3.8) is 0 Å². The summed E-state index contributed by atoms with van der Waals surface area (Å²) < 4.78 is 26.5. The lowest BCUT2D eigenvalue weighted by molar-refractivity contribution is 0.561. The Bertz CT molecular complexity index is 609. The Morgan fingerprint density at radius 2 is 2.21 bits per heavy atom. The second-order valence-electron chi connectivity index (χ2n) is 4.83. The molecule has 3 rings (SSSR count). The highest BCUT2D eigenvalue weighted by atomic mass is 32.1. The molecule has 2 N–H and O–H groups in total. The molecule has 1 aromatic heterocycles. The van der Waals surface area contributed by atoms with Gasteiger partial charge in [-0.15, -0.1) is 11.3 Å². The van der Waals surface area contributed by atoms with Crippen molar-refractivity contribution in [3.05, 3.63) is 51.0 Å². The number of hydrogen-bond acceptors (Lipinski definition) is 3. The van der Waals surface area contributed by atoms with E-state index in [0.717, 1.165) is 36.0 Å². The van der Waals surface area contributed by atoms with Gasteiger partial charge in [-0.05, 0) is 30.9 Å². The molecule has 0 saturated carbocycles. The smallest absolute Gasteiger partial charge is 0.129 e. The number of nitrogens with zero attached hydrogens (tertiary/aromatic N) is 1. The van der Waals surface area contributed by atoms with Crippen molar-refractivity contribution >= 4 is 11.3 Å². The molecule has 0 spiro atoms. The summed E-state index contributed by atoms with van der Waals surface area (Å²) in [4.78, 5) is 5.74. The van der Waals surface area contributed by atoms with Crippen molar-refractivity contribution in [3.8, 4) is 0 Å². The second-order valence-corrected chi connectivity index (χ2v) is 6.00. The fourth-order valence-corrected chi connectivity index (χ4v) is 3.61. The number of halogens is 2. The molecule has 0 radical (unpaired) electrons. The maximum absolute atomic E-state index is 13.6. The molecule has 19 heavy (non-hydrogen) atoms. The first kappa shape index (κ1) is 12.7. The van der Waals surface area contributed by atoms with Crippen LogP contribution < -0.4 is 5.73 Å². The Hall–Kier alpha value is -1.33. The van der Waals surface area contributed by atoms with Gasteiger partial charge in [-0.2, -0.15) is 0 Å². The summed E-state index contributed by atoms with van der Waals surface area (Å²) in [6, 6.07) is 3.67. The highest BCUT2D eigenvalue weighted by Gasteiger charge is 2.22. The van der Waals surface area contributed by atoms with Crippen LogP contribution in [0.1, 0.15) is 40.0 Å². The zero-order chi connectivity index (χ0) is 13.4. The van der Waals surface area contributed by atoms with Gasteiger partial charge in [-0.3, -0.25) is 0 Å². The van der Waals surface area contributed by atoms with Gasteiger partial charge in [0, 0.05) is 23.4 Å². The number of rotatable bonds is 2. The summed E-state index contributed by atoms with van der Waals surface area (Å²) in [6.45, 7) is 0. The maximum atomic E-state index is 13.6. The van der Waals surface area contributed by atoms with Gasteiger partial charge in [-0.25, -0.2) is 13.8 Å². The molecule has 0 aliphatic heterocycles. The van der Waals surface area contributed by atoms with E-state index in [9.17, 15) is 8.78 Å². The van der Waals surface area contributed by atoms with Crippen LogP contribution in [-0.4, -0.2) is 4.98 Å². The van der Waals surface area contributed by atoms with E-state index in [0.29, 0.717) is 12.0 Å². The van der Waals surface area contributed by atoms with Gasteiger partial charge in [-0.1, -0.05) is 6.07 Å². The number of thiazole rings is 1. The van der Waals surface area contributed by atoms with E-state index in [-0.39, 0.29) is 6.04 Å². The van der Waals surface area contributed by atoms with Gasteiger partial charge in [0.15, 0.2) is 0 Å². The summed E-state index contributed by atoms with van der Waals surface area (Å²) >= 11 is 1.60. The van der Waals surface area contributed by atoms with Gasteiger partial charge < -0.3 is 5.73 Å². The lowest BCUT2D eigenvalue weighted by Crippen LogP contribution is -2.16. The summed E-state index contributed by atoms with van der Waals surface area (Å²) in [5.41, 5.74) is 7.46. The van der Waals surface area contributed by atoms with Gasteiger partial charge >= 0.3 is 0 Å². The topological polar surface area (TPSA) is 38.9 Å². The van der Waals surface area contributed by atoms with Crippen LogP contribution in [0.3, 0.4) is 0 Å². The molecule has 0 amide bonds. The fraction of sp³-hybridized carbons (Fsp3) is 0.357. The zero-order valence-corrected chi connectivity index (χ0v) is 11.1. The van der Waals surface area contributed by atoms with Crippen LogP contribution in [0.25, 0.3) is 0 Å². The molecular weight excluding hydrogens is 266 g/mol. The minimum absolute atomic E-state index is 0.00631. The zero-order valence-electron chi connectivity index (χ0n) is 10.3. The summed E-state index contributed by atoms with van der Waals surface area (Å²) in [7, 11) is 0. The van der Waals surface area contributed by atoms with Crippen molar-refractivity contribution in [2.24, 2.45) is 5.73 Å². The van der Waals surface area contributed by atoms with Gasteiger partial charge in [0.2, 0.25) is 0 Å². The third kappa shape index (κ3) is 2.53. The average molecular weight is 280 g/mol. The molecule has 0 saturated heterocycles. The van der Waals surface area contributed by atoms with Gasteiger partial charge in [0.25, 0.3) is 0 Å². The van der Waals surface area contributed by atoms with Crippen molar-refractivity contribution in [1.29, 1.82) is 0 Å². The van der Waals surface area contributed by atoms with E-state index in [1.165, 1.54) is 17.0 Å². The number of aromatic nitrogens is 1. The van der Waals surface area contributed by atoms with E-state index in [2.05, 4.69) is 4.98 Å². The molecule has 1 aliphatic carbocycles. The monoisotopic (exact) mass is 280 g/mol. The Labute approximate surface area is 114 Å². The molecule has 5 heteroatoms. The molecule has 1 atom stereocenters. The van der Waals surface area contributed by atoms with E-state index >= 15 is 0 Å². The van der Waals surface area contributed by atoms with E-state index in [1.807, 2.05) is 0 Å². The minimum atomic E-state index is -0.554. The SMILES string of the molecule is NC1CCCc2sc(Cc3ccc(F)cc3F)nc21. The third-order valence-electron chi connectivity index (χ3n) is 3.40. The molecule has 1 aromatic carbocycles. The highest BCUT2D eigenvalue weighted by Crippen LogP contribution is 2.32. The number of aryl methyl sites for hydroxylation is 1. The quantitative estimate of drug-likeness (QED) is 0.916. The predicted molar refractivity (Wildman–Crippen MR) is 71.1 cm³/mol. The van der Waals surface area contributed by atoms with Crippen LogP contribution >= 0.6 is 11.3 Å². The van der Waals surface area contributed by atoms with Crippen LogP contribution in [0.5, 0.6) is 0 Å². The first-order valence-electron chi connectivity index (χ1n) is 6.31. The van der Waals surface area contributed by atoms with Crippen molar-refractivity contribution in [2.75, 3.05) is 0 Å². The molecule has 100 valence electrons. The van der Waals surface area contributed by atoms with Crippen molar-refractivity contribution in [1.82, 2.24) is 4.98 Å². The Balaban J connectivity index is 1.87. The predicted octanol–water partition coefficient (Wildman–Crippen LogP) is 3.35. The van der Waals surface area contributed by atoms with Crippen LogP contribution in [-0.2, 0) is 12.8 Å². The molecule has 0 fully saturated rings. The lowest BCUT2D eigenvalue weighted by atomic mass is 9.99. The first-order chi connectivity index (χ1) is 9.13. The maximum Gasteiger partial charge on any atom is 0.129 e. The molecule has 1 heterocycles. The number of hydrogen-bond donors (Lipinski definition) is 1. The number of nitrogens with two attached hydrogens (primary N) is 1. The molecule has 1 aliphatic rings. The molecule has 0 bridgehead atoms. The summed E-state index contributed by atoms with van der Waals surface area (Å²) in [5.74, 6) is -1.07. The Morgan fingerprint density at radius 1 is 1.37 bits per heavy atom. The molecular formula is C14H14F2N2S. The number of fused-ring (bicyclic) bond motifs is 1. The third-order valence-corrected chi connectivity index (χ3v) is 4.53. The van der Waals surface area contributed by atoms with E-state index in [4.69, 9.17) is 5.73 Å². The van der Waals surface area contributed by atoms with Crippen LogP contribution in [0.15, 0.2) is 18.2 Å². The normalized spacial score (nSPS) is 18.4. The summed E-state index contributed by atoms with van der Waals surface area (Å²) in [5, 5.41) is 0.854. The highest BCUT2D eigenvalue weighted by molar-refractivity contribution is 7.11. The van der Waals surface area contributed by atoms with Crippen LogP contribution in [0, 0.1) is 11.6 Å². The summed E-state index contributed by atoms with van der Waals surface area (Å²) in [6.07, 6.45) is 3.45. The minimum Gasteiger partial charge on any atom is -0.323 e. The van der Waals surface area contributed by atoms with Gasteiger partial charge in [0.1, 0.15) is 11.6 Å². The second kappa shape index (κ2) is 4.98. The Morgan fingerprint density at radius 3 is 2.95 bits per heavy atom. The largest absolute Gasteiger partial charge is 0.323 e. The first-order valence-corrected chi connectivity index (χ1v) is 7.13. The fourth-order valence-electron chi connectivity index (χ4n) is 2.41. The van der Waals surface area contributed by atoms with Crippen LogP contribution in [0.4, 0.5) is 8.78 Å². The van der Waals surface area contributed by atoms with E-state index < -0.39 is 11.6 Å². The average Bonchev–Trinajstić information content (AvgIpc) is 2.77. The van der Waals surface area contributed by atoms with E-state index in [1.54, 1.807) is 11.3 Å². The van der Waals surface area contributed by atoms with Crippen molar-refractivity contribution in [2.45, 2.75) is 31.7 Å². The molecule has 2 aromatic rings. The Kier molecular flexibility index (Phi) is 3.33. The van der Waals surface area contributed by atoms with Crippen molar-refractivity contribution < 1.29 is 8.78 Å². The standard InChI is InChI=1S/C14H14F2N2S/c15-9-5-4-8(10(16)7-9)6-13-18-14-11(17)2-1-3-12(14)19-13/h4-5,7,11H,1-3,6,17H2.